The molecule has 0 N–H and O–H groups in total. The van der Waals surface area contributed by atoms with Crippen molar-refractivity contribution in [3.8, 4) is 11.4 Å². The minimum absolute atomic E-state index is 0.149. The van der Waals surface area contributed by atoms with Crippen molar-refractivity contribution in [2.45, 2.75) is 37.5 Å². The number of thiophene rings is 1. The number of pyridine rings is 1. The third-order valence-corrected chi connectivity index (χ3v) is 7.25. The number of aromatic nitrogens is 4. The number of amides is 1. The lowest BCUT2D eigenvalue weighted by Gasteiger charge is -2.35. The van der Waals surface area contributed by atoms with E-state index in [0.717, 1.165) is 35.9 Å². The van der Waals surface area contributed by atoms with Crippen molar-refractivity contribution in [2.24, 2.45) is 0 Å². The van der Waals surface area contributed by atoms with Gasteiger partial charge in [-0.2, -0.15) is 0 Å². The molecule has 0 aromatic carbocycles. The molecular weight excluding hydrogens is 418 g/mol. The van der Waals surface area contributed by atoms with Crippen LogP contribution in [0.5, 0.6) is 0 Å². The van der Waals surface area contributed by atoms with E-state index in [1.54, 1.807) is 30.8 Å². The fraction of sp³-hybridized carbons (Fsp3) is 0.429. The summed E-state index contributed by atoms with van der Waals surface area (Å²) in [6.45, 7) is 4.09. The normalized spacial score (nSPS) is 15.9. The average Bonchev–Trinajstić information content (AvgIpc) is 3.42. The molecular formula is C21H25N5O2S2. The minimum Gasteiger partial charge on any atom is -0.383 e. The first kappa shape index (κ1) is 21.0. The van der Waals surface area contributed by atoms with Crippen LogP contribution in [0, 0.1) is 0 Å². The van der Waals surface area contributed by atoms with Crippen molar-refractivity contribution < 1.29 is 9.53 Å². The number of ether oxygens (including phenoxy) is 1. The number of rotatable bonds is 8. The molecule has 4 heterocycles. The van der Waals surface area contributed by atoms with Gasteiger partial charge in [0.1, 0.15) is 0 Å². The molecule has 0 spiro atoms. The first-order chi connectivity index (χ1) is 14.7. The van der Waals surface area contributed by atoms with Crippen LogP contribution in [-0.4, -0.2) is 56.6 Å². The molecule has 1 aliphatic rings. The number of carbonyl (C=O) groups excluding carboxylic acids is 1. The summed E-state index contributed by atoms with van der Waals surface area (Å²) in [5, 5.41) is 11.6. The predicted octanol–water partition coefficient (Wildman–Crippen LogP) is 3.68. The van der Waals surface area contributed by atoms with E-state index < -0.39 is 0 Å². The molecule has 3 aromatic heterocycles. The Bertz CT molecular complexity index is 988. The van der Waals surface area contributed by atoms with Crippen molar-refractivity contribution in [3.63, 3.8) is 0 Å². The van der Waals surface area contributed by atoms with Gasteiger partial charge in [-0.25, -0.2) is 0 Å². The summed E-state index contributed by atoms with van der Waals surface area (Å²) < 4.78 is 7.28. The van der Waals surface area contributed by atoms with Gasteiger partial charge in [0, 0.05) is 36.5 Å². The number of carbonyl (C=O) groups is 1. The van der Waals surface area contributed by atoms with Gasteiger partial charge in [0.05, 0.1) is 24.9 Å². The maximum absolute atomic E-state index is 13.1. The van der Waals surface area contributed by atoms with Crippen molar-refractivity contribution in [3.05, 3.63) is 46.4 Å². The maximum atomic E-state index is 13.1. The van der Waals surface area contributed by atoms with E-state index in [2.05, 4.69) is 33.6 Å². The van der Waals surface area contributed by atoms with E-state index >= 15 is 0 Å². The van der Waals surface area contributed by atoms with Crippen molar-refractivity contribution >= 4 is 29.0 Å². The Hall–Kier alpha value is -2.23. The van der Waals surface area contributed by atoms with Crippen LogP contribution < -0.4 is 0 Å². The Labute approximate surface area is 184 Å². The van der Waals surface area contributed by atoms with Gasteiger partial charge in [0.25, 0.3) is 0 Å². The van der Waals surface area contributed by atoms with E-state index in [0.29, 0.717) is 18.9 Å². The smallest absolute Gasteiger partial charge is 0.233 e. The summed E-state index contributed by atoms with van der Waals surface area (Å²) >= 11 is 3.24. The van der Waals surface area contributed by atoms with Crippen LogP contribution in [0.3, 0.4) is 0 Å². The zero-order valence-corrected chi connectivity index (χ0v) is 18.8. The van der Waals surface area contributed by atoms with Crippen LogP contribution in [0.15, 0.2) is 41.1 Å². The van der Waals surface area contributed by atoms with E-state index in [1.807, 2.05) is 21.6 Å². The molecule has 0 saturated carbocycles. The van der Waals surface area contributed by atoms with Gasteiger partial charge >= 0.3 is 0 Å². The molecule has 4 rings (SSSR count). The first-order valence-electron chi connectivity index (χ1n) is 10.0. The Kier molecular flexibility index (Phi) is 6.81. The number of hydrogen-bond acceptors (Lipinski definition) is 7. The number of thioether (sulfide) groups is 1. The lowest BCUT2D eigenvalue weighted by Crippen LogP contribution is -2.40. The summed E-state index contributed by atoms with van der Waals surface area (Å²) in [7, 11) is 1.67. The van der Waals surface area contributed by atoms with Crippen LogP contribution in [-0.2, 0) is 22.5 Å². The van der Waals surface area contributed by atoms with Gasteiger partial charge in [-0.1, -0.05) is 18.7 Å². The maximum Gasteiger partial charge on any atom is 0.233 e. The second kappa shape index (κ2) is 9.72. The Morgan fingerprint density at radius 2 is 2.13 bits per heavy atom. The SMILES string of the molecule is CCC1c2ccsc2CCN1C(=O)CSc1nnc(-c2ccncc2)n1CCOC. The molecule has 0 bridgehead atoms. The van der Waals surface area contributed by atoms with E-state index in [1.165, 1.54) is 22.2 Å². The van der Waals surface area contributed by atoms with Gasteiger partial charge in [0.2, 0.25) is 5.91 Å². The van der Waals surface area contributed by atoms with Gasteiger partial charge in [0.15, 0.2) is 11.0 Å². The fourth-order valence-electron chi connectivity index (χ4n) is 3.84. The highest BCUT2D eigenvalue weighted by Gasteiger charge is 2.30. The minimum atomic E-state index is 0.149. The van der Waals surface area contributed by atoms with E-state index in [9.17, 15) is 4.79 Å². The number of nitrogens with zero attached hydrogens (tertiary/aromatic N) is 5. The molecule has 0 radical (unpaired) electrons. The summed E-state index contributed by atoms with van der Waals surface area (Å²) in [6.07, 6.45) is 5.34. The Morgan fingerprint density at radius 1 is 1.30 bits per heavy atom. The summed E-state index contributed by atoms with van der Waals surface area (Å²) in [5.41, 5.74) is 2.26. The number of hydrogen-bond donors (Lipinski definition) is 0. The van der Waals surface area contributed by atoms with Crippen LogP contribution in [0.25, 0.3) is 11.4 Å². The molecule has 30 heavy (non-hydrogen) atoms. The quantitative estimate of drug-likeness (QED) is 0.495. The standard InChI is InChI=1S/C21H25N5O2S2/c1-3-17-16-7-13-29-18(16)6-10-25(17)19(27)14-30-21-24-23-20(26(21)11-12-28-2)15-4-8-22-9-5-15/h4-5,7-9,13,17H,3,6,10-12,14H2,1-2H3. The van der Waals surface area contributed by atoms with Gasteiger partial charge < -0.3 is 9.64 Å². The van der Waals surface area contributed by atoms with Gasteiger partial charge in [-0.05, 0) is 42.0 Å². The third-order valence-electron chi connectivity index (χ3n) is 5.30. The molecule has 0 aliphatic carbocycles. The van der Waals surface area contributed by atoms with Crippen LogP contribution in [0.4, 0.5) is 0 Å². The largest absolute Gasteiger partial charge is 0.383 e. The Morgan fingerprint density at radius 3 is 2.90 bits per heavy atom. The number of methoxy groups -OCH3 is 1. The molecule has 1 atom stereocenters. The van der Waals surface area contributed by atoms with E-state index in [4.69, 9.17) is 4.74 Å². The second-order valence-corrected chi connectivity index (χ2v) is 8.98. The Balaban J connectivity index is 1.49. The second-order valence-electron chi connectivity index (χ2n) is 7.04. The van der Waals surface area contributed by atoms with Gasteiger partial charge in [-0.3, -0.25) is 14.3 Å². The van der Waals surface area contributed by atoms with Crippen LogP contribution in [0.2, 0.25) is 0 Å². The zero-order chi connectivity index (χ0) is 20.9. The fourth-order valence-corrected chi connectivity index (χ4v) is 5.62. The highest BCUT2D eigenvalue weighted by molar-refractivity contribution is 7.99. The molecule has 3 aromatic rings. The van der Waals surface area contributed by atoms with Crippen LogP contribution >= 0.6 is 23.1 Å². The zero-order valence-electron chi connectivity index (χ0n) is 17.2. The predicted molar refractivity (Wildman–Crippen MR) is 119 cm³/mol. The summed E-state index contributed by atoms with van der Waals surface area (Å²) in [4.78, 5) is 20.6. The summed E-state index contributed by atoms with van der Waals surface area (Å²) in [6, 6.07) is 6.16. The molecule has 158 valence electrons. The summed E-state index contributed by atoms with van der Waals surface area (Å²) in [5.74, 6) is 1.25. The topological polar surface area (TPSA) is 73.1 Å². The molecule has 0 fully saturated rings. The van der Waals surface area contributed by atoms with Crippen molar-refractivity contribution in [1.82, 2.24) is 24.6 Å². The molecule has 7 nitrogen and oxygen atoms in total. The lowest BCUT2D eigenvalue weighted by atomic mass is 9.98. The van der Waals surface area contributed by atoms with E-state index in [-0.39, 0.29) is 11.9 Å². The molecule has 1 aliphatic heterocycles. The molecule has 1 amide bonds. The van der Waals surface area contributed by atoms with Gasteiger partial charge in [-0.15, -0.1) is 21.5 Å². The monoisotopic (exact) mass is 443 g/mol. The molecule has 9 heteroatoms. The van der Waals surface area contributed by atoms with Crippen molar-refractivity contribution in [2.75, 3.05) is 26.0 Å². The lowest BCUT2D eigenvalue weighted by molar-refractivity contribution is -0.131. The highest BCUT2D eigenvalue weighted by atomic mass is 32.2. The molecule has 1 unspecified atom stereocenters. The number of fused-ring (bicyclic) bond motifs is 1. The third kappa shape index (κ3) is 4.28. The average molecular weight is 444 g/mol. The first-order valence-corrected chi connectivity index (χ1v) is 11.9. The van der Waals surface area contributed by atoms with Crippen molar-refractivity contribution in [1.29, 1.82) is 0 Å². The van der Waals surface area contributed by atoms with Crippen LogP contribution in [0.1, 0.15) is 29.8 Å². The molecule has 0 saturated heterocycles. The highest BCUT2D eigenvalue weighted by Crippen LogP contribution is 2.36.